The van der Waals surface area contributed by atoms with Crippen molar-refractivity contribution < 1.29 is 4.79 Å². The zero-order valence-corrected chi connectivity index (χ0v) is 17.5. The minimum Gasteiger partial charge on any atom is -0.357 e. The first kappa shape index (κ1) is 20.7. The van der Waals surface area contributed by atoms with E-state index in [1.54, 1.807) is 18.6 Å². The lowest BCUT2D eigenvalue weighted by atomic mass is 9.96. The minimum absolute atomic E-state index is 0.0123. The van der Waals surface area contributed by atoms with Gasteiger partial charge in [-0.25, -0.2) is 9.97 Å². The second kappa shape index (κ2) is 9.51. The number of nitrogens with zero attached hydrogens (tertiary/aromatic N) is 4. The summed E-state index contributed by atoms with van der Waals surface area (Å²) in [6, 6.07) is 9.20. The first-order chi connectivity index (χ1) is 15.1. The van der Waals surface area contributed by atoms with Gasteiger partial charge < -0.3 is 15.2 Å². The van der Waals surface area contributed by atoms with Crippen molar-refractivity contribution in [2.24, 2.45) is 5.92 Å². The lowest BCUT2D eigenvalue weighted by Gasteiger charge is -2.32. The molecule has 2 N–H and O–H groups in total. The number of amides is 1. The lowest BCUT2D eigenvalue weighted by molar-refractivity contribution is -0.125. The van der Waals surface area contributed by atoms with E-state index in [2.05, 4.69) is 30.2 Å². The summed E-state index contributed by atoms with van der Waals surface area (Å²) >= 11 is 0. The van der Waals surface area contributed by atoms with E-state index in [9.17, 15) is 9.59 Å². The molecule has 1 aliphatic rings. The van der Waals surface area contributed by atoms with Crippen LogP contribution in [0.3, 0.4) is 0 Å². The van der Waals surface area contributed by atoms with Crippen molar-refractivity contribution in [3.63, 3.8) is 0 Å². The van der Waals surface area contributed by atoms with Crippen LogP contribution >= 0.6 is 0 Å². The molecule has 0 saturated carbocycles. The molecule has 0 atom stereocenters. The van der Waals surface area contributed by atoms with Crippen LogP contribution in [-0.2, 0) is 17.8 Å². The molecule has 0 unspecified atom stereocenters. The second-order valence-electron chi connectivity index (χ2n) is 7.68. The van der Waals surface area contributed by atoms with Gasteiger partial charge in [-0.05, 0) is 43.0 Å². The Kier molecular flexibility index (Phi) is 6.35. The number of H-pyrrole nitrogens is 1. The Balaban J connectivity index is 1.33. The first-order valence-electron chi connectivity index (χ1n) is 10.6. The average molecular weight is 419 g/mol. The molecule has 0 radical (unpaired) electrons. The quantitative estimate of drug-likeness (QED) is 0.637. The molecule has 1 amide bonds. The van der Waals surface area contributed by atoms with Gasteiger partial charge >= 0.3 is 0 Å². The normalized spacial score (nSPS) is 14.4. The highest BCUT2D eigenvalue weighted by molar-refractivity contribution is 5.79. The number of hydrogen-bond acceptors (Lipinski definition) is 6. The van der Waals surface area contributed by atoms with Crippen LogP contribution in [0, 0.1) is 5.92 Å². The van der Waals surface area contributed by atoms with Crippen molar-refractivity contribution in [2.45, 2.75) is 32.7 Å². The second-order valence-corrected chi connectivity index (χ2v) is 7.68. The van der Waals surface area contributed by atoms with Crippen LogP contribution in [-0.4, -0.2) is 38.9 Å². The van der Waals surface area contributed by atoms with E-state index in [-0.39, 0.29) is 17.4 Å². The molecule has 1 aliphatic heterocycles. The van der Waals surface area contributed by atoms with Gasteiger partial charge in [0, 0.05) is 61.5 Å². The molecule has 31 heavy (non-hydrogen) atoms. The van der Waals surface area contributed by atoms with Crippen LogP contribution < -0.4 is 15.8 Å². The number of pyridine rings is 2. The number of carbonyl (C=O) groups is 1. The summed E-state index contributed by atoms with van der Waals surface area (Å²) in [6.07, 6.45) is 7.50. The largest absolute Gasteiger partial charge is 0.357 e. The molecule has 1 saturated heterocycles. The maximum absolute atomic E-state index is 12.5. The van der Waals surface area contributed by atoms with Gasteiger partial charge in [-0.2, -0.15) is 0 Å². The molecule has 0 bridgehead atoms. The summed E-state index contributed by atoms with van der Waals surface area (Å²) in [7, 11) is 0. The van der Waals surface area contributed by atoms with E-state index in [0.29, 0.717) is 18.8 Å². The predicted molar refractivity (Wildman–Crippen MR) is 118 cm³/mol. The smallest absolute Gasteiger partial charge is 0.251 e. The van der Waals surface area contributed by atoms with Crippen LogP contribution in [0.4, 0.5) is 5.82 Å². The van der Waals surface area contributed by atoms with Gasteiger partial charge in [-0.3, -0.25) is 14.6 Å². The fourth-order valence-corrected chi connectivity index (χ4v) is 3.75. The maximum Gasteiger partial charge on any atom is 0.251 e. The average Bonchev–Trinajstić information content (AvgIpc) is 2.83. The highest BCUT2D eigenvalue weighted by Gasteiger charge is 2.25. The zero-order chi connectivity index (χ0) is 21.6. The SMILES string of the molecule is CCc1cc(=O)[nH]c(-c2ccc(N3CCC(C(=O)NCc4cccnc4)CC3)nc2)n1. The molecule has 8 nitrogen and oxygen atoms in total. The van der Waals surface area contributed by atoms with E-state index in [4.69, 9.17) is 0 Å². The fraction of sp³-hybridized carbons (Fsp3) is 0.348. The fourth-order valence-electron chi connectivity index (χ4n) is 3.75. The van der Waals surface area contributed by atoms with Crippen LogP contribution in [0.1, 0.15) is 31.0 Å². The van der Waals surface area contributed by atoms with Crippen molar-refractivity contribution in [3.8, 4) is 11.4 Å². The van der Waals surface area contributed by atoms with Crippen molar-refractivity contribution in [3.05, 3.63) is 70.5 Å². The van der Waals surface area contributed by atoms with Gasteiger partial charge in [0.05, 0.1) is 0 Å². The van der Waals surface area contributed by atoms with Crippen LogP contribution in [0.25, 0.3) is 11.4 Å². The molecule has 8 heteroatoms. The molecular weight excluding hydrogens is 392 g/mol. The number of anilines is 1. The minimum atomic E-state index is -0.158. The standard InChI is InChI=1S/C23H26N6O2/c1-2-19-12-21(30)28-22(27-19)18-5-6-20(25-15-18)29-10-7-17(8-11-29)23(31)26-14-16-4-3-9-24-13-16/h3-6,9,12-13,15,17H,2,7-8,10-11,14H2,1H3,(H,26,31)(H,27,28,30). The summed E-state index contributed by atoms with van der Waals surface area (Å²) in [5, 5.41) is 3.01. The molecule has 160 valence electrons. The Bertz CT molecular complexity index is 1070. The number of aryl methyl sites for hydroxylation is 1. The third-order valence-electron chi connectivity index (χ3n) is 5.56. The van der Waals surface area contributed by atoms with Gasteiger partial charge in [0.1, 0.15) is 11.6 Å². The Morgan fingerprint density at radius 3 is 2.74 bits per heavy atom. The van der Waals surface area contributed by atoms with E-state index in [1.807, 2.05) is 31.2 Å². The number of nitrogens with one attached hydrogen (secondary N) is 2. The van der Waals surface area contributed by atoms with Crippen molar-refractivity contribution in [1.29, 1.82) is 0 Å². The molecule has 4 heterocycles. The van der Waals surface area contributed by atoms with E-state index in [1.165, 1.54) is 6.07 Å². The topological polar surface area (TPSA) is 104 Å². The number of hydrogen-bond donors (Lipinski definition) is 2. The van der Waals surface area contributed by atoms with Crippen molar-refractivity contribution in [2.75, 3.05) is 18.0 Å². The molecule has 0 aromatic carbocycles. The molecule has 3 aromatic rings. The molecule has 4 rings (SSSR count). The van der Waals surface area contributed by atoms with E-state index in [0.717, 1.165) is 48.6 Å². The molecule has 0 spiro atoms. The van der Waals surface area contributed by atoms with Gasteiger partial charge in [0.2, 0.25) is 5.91 Å². The number of aromatic amines is 1. The maximum atomic E-state index is 12.5. The highest BCUT2D eigenvalue weighted by atomic mass is 16.2. The van der Waals surface area contributed by atoms with E-state index < -0.39 is 0 Å². The Morgan fingerprint density at radius 1 is 1.23 bits per heavy atom. The van der Waals surface area contributed by atoms with Gasteiger partial charge in [-0.1, -0.05) is 13.0 Å². The number of rotatable bonds is 6. The van der Waals surface area contributed by atoms with Crippen LogP contribution in [0.15, 0.2) is 53.7 Å². The third kappa shape index (κ3) is 5.14. The Morgan fingerprint density at radius 2 is 2.06 bits per heavy atom. The molecular formula is C23H26N6O2. The van der Waals surface area contributed by atoms with Gasteiger partial charge in [-0.15, -0.1) is 0 Å². The number of piperidine rings is 1. The van der Waals surface area contributed by atoms with Gasteiger partial charge in [0.25, 0.3) is 5.56 Å². The summed E-state index contributed by atoms with van der Waals surface area (Å²) in [4.78, 5) is 42.4. The summed E-state index contributed by atoms with van der Waals surface area (Å²) in [5.41, 5.74) is 2.38. The zero-order valence-electron chi connectivity index (χ0n) is 17.5. The Labute approximate surface area is 180 Å². The van der Waals surface area contributed by atoms with Crippen molar-refractivity contribution in [1.82, 2.24) is 25.3 Å². The Hall–Kier alpha value is -3.55. The summed E-state index contributed by atoms with van der Waals surface area (Å²) in [5.74, 6) is 1.51. The number of aromatic nitrogens is 4. The molecule has 0 aliphatic carbocycles. The van der Waals surface area contributed by atoms with Gasteiger partial charge in [0.15, 0.2) is 0 Å². The predicted octanol–water partition coefficient (Wildman–Crippen LogP) is 2.32. The lowest BCUT2D eigenvalue weighted by Crippen LogP contribution is -2.40. The molecule has 3 aromatic heterocycles. The summed E-state index contributed by atoms with van der Waals surface area (Å²) in [6.45, 7) is 4.02. The van der Waals surface area contributed by atoms with Crippen molar-refractivity contribution >= 4 is 11.7 Å². The number of carbonyl (C=O) groups excluding carboxylic acids is 1. The first-order valence-corrected chi connectivity index (χ1v) is 10.6. The van der Waals surface area contributed by atoms with Crippen LogP contribution in [0.2, 0.25) is 0 Å². The third-order valence-corrected chi connectivity index (χ3v) is 5.56. The monoisotopic (exact) mass is 418 g/mol. The van der Waals surface area contributed by atoms with E-state index >= 15 is 0 Å². The highest BCUT2D eigenvalue weighted by Crippen LogP contribution is 2.23. The molecule has 1 fully saturated rings. The van der Waals surface area contributed by atoms with Crippen LogP contribution in [0.5, 0.6) is 0 Å². The summed E-state index contributed by atoms with van der Waals surface area (Å²) < 4.78 is 0.